The van der Waals surface area contributed by atoms with Gasteiger partial charge in [-0.05, 0) is 13.1 Å². The zero-order valence-corrected chi connectivity index (χ0v) is 6.99. The molecule has 0 saturated carbocycles. The van der Waals surface area contributed by atoms with Crippen LogP contribution in [0.4, 0.5) is 0 Å². The molecule has 1 aromatic carbocycles. The Labute approximate surface area is 71.7 Å². The van der Waals surface area contributed by atoms with Crippen molar-refractivity contribution in [2.24, 2.45) is 0 Å². The van der Waals surface area contributed by atoms with Crippen LogP contribution in [0.15, 0.2) is 24.3 Å². The predicted octanol–water partition coefficient (Wildman–Crippen LogP) is 0.645. The van der Waals surface area contributed by atoms with Crippen LogP contribution in [0.5, 0.6) is 5.75 Å². The number of likely N-dealkylation sites (N-methyl/N-ethyl adjacent to an activating group) is 1. The monoisotopic (exact) mass is 167 g/mol. The summed E-state index contributed by atoms with van der Waals surface area (Å²) in [5.74, 6) is 0.139. The lowest BCUT2D eigenvalue weighted by Gasteiger charge is -2.11. The molecule has 0 aliphatic carbocycles. The molecule has 0 saturated heterocycles. The van der Waals surface area contributed by atoms with Crippen molar-refractivity contribution in [1.82, 2.24) is 5.32 Å². The normalized spacial score (nSPS) is 12.8. The van der Waals surface area contributed by atoms with Crippen molar-refractivity contribution >= 4 is 0 Å². The second-order valence-electron chi connectivity index (χ2n) is 2.63. The van der Waals surface area contributed by atoms with Gasteiger partial charge >= 0.3 is 0 Å². The first-order chi connectivity index (χ1) is 5.75. The van der Waals surface area contributed by atoms with Gasteiger partial charge < -0.3 is 15.5 Å². The van der Waals surface area contributed by atoms with Crippen LogP contribution in [0.3, 0.4) is 0 Å². The number of aliphatic hydroxyl groups excluding tert-OH is 1. The number of phenolic OH excluding ortho intramolecular Hbond substituents is 1. The van der Waals surface area contributed by atoms with Crippen LogP contribution in [0.1, 0.15) is 11.7 Å². The first kappa shape index (κ1) is 9.03. The minimum atomic E-state index is -0.642. The number of hydrogen-bond acceptors (Lipinski definition) is 3. The topological polar surface area (TPSA) is 52.5 Å². The second-order valence-corrected chi connectivity index (χ2v) is 2.63. The minimum Gasteiger partial charge on any atom is -0.508 e. The number of aromatic hydroxyl groups is 1. The molecule has 3 nitrogen and oxygen atoms in total. The molecule has 1 aromatic rings. The summed E-state index contributed by atoms with van der Waals surface area (Å²) >= 11 is 0. The first-order valence-electron chi connectivity index (χ1n) is 3.86. The van der Waals surface area contributed by atoms with Crippen molar-refractivity contribution in [3.8, 4) is 5.75 Å². The van der Waals surface area contributed by atoms with Crippen LogP contribution in [-0.2, 0) is 0 Å². The summed E-state index contributed by atoms with van der Waals surface area (Å²) in [7, 11) is 1.75. The van der Waals surface area contributed by atoms with Gasteiger partial charge in [0.25, 0.3) is 0 Å². The zero-order chi connectivity index (χ0) is 8.97. The molecule has 3 heteroatoms. The number of rotatable bonds is 3. The fourth-order valence-electron chi connectivity index (χ4n) is 1.07. The molecular formula is C9H13NO2. The second kappa shape index (κ2) is 4.09. The van der Waals surface area contributed by atoms with Crippen molar-refractivity contribution in [3.63, 3.8) is 0 Å². The van der Waals surface area contributed by atoms with E-state index in [1.165, 1.54) is 0 Å². The maximum atomic E-state index is 9.48. The van der Waals surface area contributed by atoms with Gasteiger partial charge in [0.1, 0.15) is 5.75 Å². The van der Waals surface area contributed by atoms with E-state index in [-0.39, 0.29) is 5.75 Å². The molecular weight excluding hydrogens is 154 g/mol. The Morgan fingerprint density at radius 1 is 1.42 bits per heavy atom. The number of hydrogen-bond donors (Lipinski definition) is 3. The Morgan fingerprint density at radius 2 is 2.08 bits per heavy atom. The number of nitrogens with one attached hydrogen (secondary N) is 1. The molecule has 0 aliphatic heterocycles. The highest BCUT2D eigenvalue weighted by atomic mass is 16.3. The summed E-state index contributed by atoms with van der Waals surface area (Å²) in [5, 5.41) is 21.6. The third-order valence-electron chi connectivity index (χ3n) is 1.69. The van der Waals surface area contributed by atoms with E-state index >= 15 is 0 Å². The fraction of sp³-hybridized carbons (Fsp3) is 0.333. The van der Waals surface area contributed by atoms with Gasteiger partial charge in [0.05, 0.1) is 6.10 Å². The van der Waals surface area contributed by atoms with Gasteiger partial charge in [-0.3, -0.25) is 0 Å². The molecule has 0 bridgehead atoms. The van der Waals surface area contributed by atoms with Crippen LogP contribution < -0.4 is 5.32 Å². The largest absolute Gasteiger partial charge is 0.508 e. The number of phenols is 1. The maximum Gasteiger partial charge on any atom is 0.121 e. The highest BCUT2D eigenvalue weighted by Crippen LogP contribution is 2.22. The van der Waals surface area contributed by atoms with Gasteiger partial charge in [-0.15, -0.1) is 0 Å². The molecule has 0 spiro atoms. The number of benzene rings is 1. The summed E-state index contributed by atoms with van der Waals surface area (Å²) in [6, 6.07) is 6.78. The van der Waals surface area contributed by atoms with Crippen LogP contribution in [0.25, 0.3) is 0 Å². The van der Waals surface area contributed by atoms with E-state index in [2.05, 4.69) is 5.32 Å². The molecule has 1 atom stereocenters. The molecule has 0 aliphatic rings. The Bertz CT molecular complexity index is 250. The SMILES string of the molecule is CNCC(O)c1ccccc1O. The highest BCUT2D eigenvalue weighted by molar-refractivity contribution is 5.33. The third-order valence-corrected chi connectivity index (χ3v) is 1.69. The summed E-state index contributed by atoms with van der Waals surface area (Å²) in [6.07, 6.45) is -0.642. The molecule has 0 radical (unpaired) electrons. The first-order valence-corrected chi connectivity index (χ1v) is 3.86. The lowest BCUT2D eigenvalue weighted by atomic mass is 10.1. The highest BCUT2D eigenvalue weighted by Gasteiger charge is 2.09. The number of para-hydroxylation sites is 1. The van der Waals surface area contributed by atoms with Crippen LogP contribution in [0, 0.1) is 0 Å². The van der Waals surface area contributed by atoms with Crippen molar-refractivity contribution < 1.29 is 10.2 Å². The summed E-state index contributed by atoms with van der Waals surface area (Å²) in [6.45, 7) is 0.442. The quantitative estimate of drug-likeness (QED) is 0.619. The predicted molar refractivity (Wildman–Crippen MR) is 47.0 cm³/mol. The summed E-state index contributed by atoms with van der Waals surface area (Å²) < 4.78 is 0. The van der Waals surface area contributed by atoms with Gasteiger partial charge in [-0.25, -0.2) is 0 Å². The maximum absolute atomic E-state index is 9.48. The van der Waals surface area contributed by atoms with E-state index in [0.717, 1.165) is 0 Å². The van der Waals surface area contributed by atoms with Gasteiger partial charge in [-0.1, -0.05) is 18.2 Å². The van der Waals surface area contributed by atoms with Crippen molar-refractivity contribution in [2.75, 3.05) is 13.6 Å². The van der Waals surface area contributed by atoms with Crippen LogP contribution >= 0.6 is 0 Å². The summed E-state index contributed by atoms with van der Waals surface area (Å²) in [4.78, 5) is 0. The molecule has 1 rings (SSSR count). The van der Waals surface area contributed by atoms with Crippen molar-refractivity contribution in [3.05, 3.63) is 29.8 Å². The smallest absolute Gasteiger partial charge is 0.121 e. The van der Waals surface area contributed by atoms with Crippen molar-refractivity contribution in [1.29, 1.82) is 0 Å². The molecule has 0 aromatic heterocycles. The lowest BCUT2D eigenvalue weighted by Crippen LogP contribution is -2.16. The Kier molecular flexibility index (Phi) is 3.08. The molecule has 66 valence electrons. The Hall–Kier alpha value is -1.06. The van der Waals surface area contributed by atoms with E-state index in [1.807, 2.05) is 0 Å². The third kappa shape index (κ3) is 1.96. The lowest BCUT2D eigenvalue weighted by molar-refractivity contribution is 0.174. The van der Waals surface area contributed by atoms with Gasteiger partial charge in [0.2, 0.25) is 0 Å². The van der Waals surface area contributed by atoms with Gasteiger partial charge in [0.15, 0.2) is 0 Å². The van der Waals surface area contributed by atoms with E-state index in [9.17, 15) is 10.2 Å². The molecule has 0 heterocycles. The average Bonchev–Trinajstić information content (AvgIpc) is 2.05. The van der Waals surface area contributed by atoms with Gasteiger partial charge in [-0.2, -0.15) is 0 Å². The van der Waals surface area contributed by atoms with E-state index < -0.39 is 6.10 Å². The van der Waals surface area contributed by atoms with E-state index in [0.29, 0.717) is 12.1 Å². The average molecular weight is 167 g/mol. The molecule has 0 fully saturated rings. The molecule has 3 N–H and O–H groups in total. The Balaban J connectivity index is 2.79. The van der Waals surface area contributed by atoms with E-state index in [4.69, 9.17) is 0 Å². The molecule has 0 amide bonds. The van der Waals surface area contributed by atoms with E-state index in [1.54, 1.807) is 31.3 Å². The minimum absolute atomic E-state index is 0.139. The molecule has 12 heavy (non-hydrogen) atoms. The van der Waals surface area contributed by atoms with Crippen LogP contribution in [0.2, 0.25) is 0 Å². The standard InChI is InChI=1S/C9H13NO2/c1-10-6-9(12)7-4-2-3-5-8(7)11/h2-5,9-12H,6H2,1H3. The van der Waals surface area contributed by atoms with Crippen molar-refractivity contribution in [2.45, 2.75) is 6.10 Å². The fourth-order valence-corrected chi connectivity index (χ4v) is 1.07. The summed E-state index contributed by atoms with van der Waals surface area (Å²) in [5.41, 5.74) is 0.562. The Morgan fingerprint density at radius 3 is 2.67 bits per heavy atom. The zero-order valence-electron chi connectivity index (χ0n) is 6.99. The molecule has 1 unspecified atom stereocenters. The van der Waals surface area contributed by atoms with Gasteiger partial charge in [0, 0.05) is 12.1 Å². The van der Waals surface area contributed by atoms with Crippen LogP contribution in [-0.4, -0.2) is 23.8 Å². The number of aliphatic hydroxyl groups is 1.